The van der Waals surface area contributed by atoms with E-state index in [2.05, 4.69) is 5.32 Å². The number of benzene rings is 1. The number of rotatable bonds is 6. The molecule has 8 nitrogen and oxygen atoms in total. The Kier molecular flexibility index (Phi) is 5.03. The maximum Gasteiger partial charge on any atom is 0.291 e. The lowest BCUT2D eigenvalue weighted by Crippen LogP contribution is -2.37. The molecule has 0 aromatic heterocycles. The summed E-state index contributed by atoms with van der Waals surface area (Å²) in [7, 11) is -1.20. The molecule has 20 heavy (non-hydrogen) atoms. The van der Waals surface area contributed by atoms with Crippen LogP contribution in [0.1, 0.15) is 6.92 Å². The number of sulfonamides is 1. The molecule has 0 heterocycles. The Hall–Kier alpha value is -1.71. The van der Waals surface area contributed by atoms with Crippen LogP contribution in [0.3, 0.4) is 0 Å². The smallest absolute Gasteiger partial charge is 0.291 e. The summed E-state index contributed by atoms with van der Waals surface area (Å²) >= 11 is 0. The monoisotopic (exact) mass is 303 g/mol. The summed E-state index contributed by atoms with van der Waals surface area (Å²) in [5.74, 6) is 0. The van der Waals surface area contributed by atoms with Crippen LogP contribution in [-0.2, 0) is 10.0 Å². The zero-order valence-corrected chi connectivity index (χ0v) is 12.2. The molecule has 1 aromatic carbocycles. The Morgan fingerprint density at radius 2 is 2.10 bits per heavy atom. The first kappa shape index (κ1) is 16.3. The first-order chi connectivity index (χ1) is 9.25. The van der Waals surface area contributed by atoms with Gasteiger partial charge in [0.1, 0.15) is 0 Å². The molecule has 0 aliphatic rings. The molecule has 0 amide bonds. The predicted octanol–water partition coefficient (Wildman–Crippen LogP) is 0.638. The average molecular weight is 303 g/mol. The molecule has 0 aliphatic carbocycles. The zero-order valence-electron chi connectivity index (χ0n) is 11.4. The molecule has 0 bridgehead atoms. The van der Waals surface area contributed by atoms with Crippen molar-refractivity contribution in [3.8, 4) is 0 Å². The van der Waals surface area contributed by atoms with E-state index >= 15 is 0 Å². The number of hydrogen-bond acceptors (Lipinski definition) is 6. The Bertz CT molecular complexity index is 602. The third-order valence-corrected chi connectivity index (χ3v) is 5.01. The highest BCUT2D eigenvalue weighted by atomic mass is 32.2. The number of likely N-dealkylation sites (N-methyl/N-ethyl adjacent to an activating group) is 1. The number of hydrogen-bond donors (Lipinski definition) is 2. The molecule has 1 atom stereocenters. The molecular formula is C11H17N3O5S. The minimum absolute atomic E-state index is 0.377. The molecule has 1 unspecified atom stereocenters. The van der Waals surface area contributed by atoms with Crippen LogP contribution in [-0.4, -0.2) is 49.5 Å². The number of nitrogens with one attached hydrogen (secondary N) is 1. The van der Waals surface area contributed by atoms with Crippen molar-refractivity contribution >= 4 is 21.4 Å². The van der Waals surface area contributed by atoms with Crippen molar-refractivity contribution in [3.63, 3.8) is 0 Å². The van der Waals surface area contributed by atoms with Gasteiger partial charge in [-0.3, -0.25) is 10.1 Å². The largest absolute Gasteiger partial charge is 0.395 e. The zero-order chi connectivity index (χ0) is 15.5. The second kappa shape index (κ2) is 6.16. The van der Waals surface area contributed by atoms with E-state index in [0.717, 1.165) is 10.4 Å². The summed E-state index contributed by atoms with van der Waals surface area (Å²) in [6.07, 6.45) is 0. The van der Waals surface area contributed by atoms with Gasteiger partial charge in [0.25, 0.3) is 5.69 Å². The van der Waals surface area contributed by atoms with E-state index in [4.69, 9.17) is 5.11 Å². The van der Waals surface area contributed by atoms with E-state index in [1.165, 1.54) is 26.1 Å². The normalized spacial score (nSPS) is 13.2. The third-order valence-electron chi connectivity index (χ3n) is 2.99. The van der Waals surface area contributed by atoms with Gasteiger partial charge in [-0.05, 0) is 19.1 Å². The first-order valence-corrected chi connectivity index (χ1v) is 7.24. The summed E-state index contributed by atoms with van der Waals surface area (Å²) in [4.78, 5) is 9.90. The molecule has 1 aromatic rings. The number of aliphatic hydroxyl groups is 1. The van der Waals surface area contributed by atoms with E-state index in [1.54, 1.807) is 7.05 Å². The highest BCUT2D eigenvalue weighted by Crippen LogP contribution is 2.29. The van der Waals surface area contributed by atoms with Gasteiger partial charge in [0.2, 0.25) is 10.0 Å². The fourth-order valence-electron chi connectivity index (χ4n) is 1.54. The highest BCUT2D eigenvalue weighted by Gasteiger charge is 2.32. The van der Waals surface area contributed by atoms with Crippen molar-refractivity contribution in [3.05, 3.63) is 28.3 Å². The van der Waals surface area contributed by atoms with Crippen LogP contribution in [0.2, 0.25) is 0 Å². The van der Waals surface area contributed by atoms with Crippen molar-refractivity contribution in [1.82, 2.24) is 4.31 Å². The third kappa shape index (κ3) is 3.06. The molecule has 0 spiro atoms. The highest BCUT2D eigenvalue weighted by molar-refractivity contribution is 7.89. The maximum absolute atomic E-state index is 12.3. The van der Waals surface area contributed by atoms with Crippen LogP contribution in [0.15, 0.2) is 23.1 Å². The van der Waals surface area contributed by atoms with Gasteiger partial charge in [-0.25, -0.2) is 8.42 Å². The van der Waals surface area contributed by atoms with E-state index in [1.807, 2.05) is 0 Å². The van der Waals surface area contributed by atoms with Crippen LogP contribution >= 0.6 is 0 Å². The lowest BCUT2D eigenvalue weighted by molar-refractivity contribution is -0.387. The quantitative estimate of drug-likeness (QED) is 0.589. The minimum Gasteiger partial charge on any atom is -0.395 e. The lowest BCUT2D eigenvalue weighted by atomic mass is 10.3. The van der Waals surface area contributed by atoms with Crippen LogP contribution in [0, 0.1) is 10.1 Å². The summed E-state index contributed by atoms with van der Waals surface area (Å²) in [5.41, 5.74) is -0.0673. The fourth-order valence-corrected chi connectivity index (χ4v) is 3.03. The van der Waals surface area contributed by atoms with E-state index < -0.39 is 31.6 Å². The van der Waals surface area contributed by atoms with Gasteiger partial charge in [-0.1, -0.05) is 0 Å². The SMILES string of the molecule is CNc1ccc(S(=O)(=O)N(C)C(C)CO)c([N+](=O)[O-])c1. The number of aliphatic hydroxyl groups excluding tert-OH is 1. The Labute approximate surface area is 117 Å². The van der Waals surface area contributed by atoms with Gasteiger partial charge in [-0.2, -0.15) is 4.31 Å². The second-order valence-electron chi connectivity index (χ2n) is 4.24. The van der Waals surface area contributed by atoms with Crippen molar-refractivity contribution in [2.75, 3.05) is 26.0 Å². The van der Waals surface area contributed by atoms with Gasteiger partial charge < -0.3 is 10.4 Å². The van der Waals surface area contributed by atoms with Crippen LogP contribution < -0.4 is 5.32 Å². The van der Waals surface area contributed by atoms with Crippen molar-refractivity contribution < 1.29 is 18.4 Å². The van der Waals surface area contributed by atoms with Gasteiger partial charge >= 0.3 is 0 Å². The summed E-state index contributed by atoms with van der Waals surface area (Å²) in [5, 5.41) is 22.8. The summed E-state index contributed by atoms with van der Waals surface area (Å²) in [6, 6.07) is 3.10. The average Bonchev–Trinajstić information content (AvgIpc) is 2.44. The predicted molar refractivity (Wildman–Crippen MR) is 74.1 cm³/mol. The Balaban J connectivity index is 3.42. The second-order valence-corrected chi connectivity index (χ2v) is 6.21. The van der Waals surface area contributed by atoms with Crippen LogP contribution in [0.5, 0.6) is 0 Å². The van der Waals surface area contributed by atoms with Crippen molar-refractivity contribution in [1.29, 1.82) is 0 Å². The molecule has 9 heteroatoms. The van der Waals surface area contributed by atoms with Gasteiger partial charge in [0, 0.05) is 31.9 Å². The number of nitro benzene ring substituents is 1. The van der Waals surface area contributed by atoms with Gasteiger partial charge in [-0.15, -0.1) is 0 Å². The molecule has 0 fully saturated rings. The molecule has 0 radical (unpaired) electrons. The molecule has 0 saturated carbocycles. The maximum atomic E-state index is 12.3. The molecule has 0 aliphatic heterocycles. The summed E-state index contributed by atoms with van der Waals surface area (Å²) < 4.78 is 25.6. The van der Waals surface area contributed by atoms with Crippen molar-refractivity contribution in [2.45, 2.75) is 17.9 Å². The Morgan fingerprint density at radius 1 is 1.50 bits per heavy atom. The molecule has 1 rings (SSSR count). The van der Waals surface area contributed by atoms with Gasteiger partial charge in [0.05, 0.1) is 11.5 Å². The number of nitro groups is 1. The number of nitrogens with zero attached hydrogens (tertiary/aromatic N) is 2. The van der Waals surface area contributed by atoms with E-state index in [-0.39, 0.29) is 6.61 Å². The molecule has 0 saturated heterocycles. The minimum atomic E-state index is -4.05. The molecular weight excluding hydrogens is 286 g/mol. The fraction of sp³-hybridized carbons (Fsp3) is 0.455. The topological polar surface area (TPSA) is 113 Å². The standard InChI is InChI=1S/C11H17N3O5S/c1-8(7-15)13(3)20(18,19)11-5-4-9(12-2)6-10(11)14(16)17/h4-6,8,12,15H,7H2,1-3H3. The Morgan fingerprint density at radius 3 is 2.55 bits per heavy atom. The van der Waals surface area contributed by atoms with Crippen LogP contribution in [0.25, 0.3) is 0 Å². The van der Waals surface area contributed by atoms with E-state index in [9.17, 15) is 18.5 Å². The summed E-state index contributed by atoms with van der Waals surface area (Å²) in [6.45, 7) is 1.13. The van der Waals surface area contributed by atoms with Crippen LogP contribution in [0.4, 0.5) is 11.4 Å². The lowest BCUT2D eigenvalue weighted by Gasteiger charge is -2.22. The molecule has 112 valence electrons. The van der Waals surface area contributed by atoms with Crippen molar-refractivity contribution in [2.24, 2.45) is 0 Å². The first-order valence-electron chi connectivity index (χ1n) is 5.80. The van der Waals surface area contributed by atoms with E-state index in [0.29, 0.717) is 5.69 Å². The molecule has 2 N–H and O–H groups in total. The number of anilines is 1. The van der Waals surface area contributed by atoms with Gasteiger partial charge in [0.15, 0.2) is 4.90 Å².